The fourth-order valence-corrected chi connectivity index (χ4v) is 3.86. The molecule has 2 saturated heterocycles. The van der Waals surface area contributed by atoms with Crippen molar-refractivity contribution < 1.29 is 18.7 Å². The molecule has 0 radical (unpaired) electrons. The summed E-state index contributed by atoms with van der Waals surface area (Å²) >= 11 is 0. The van der Waals surface area contributed by atoms with E-state index in [1.165, 1.54) is 6.07 Å². The standard InChI is InChI=1S/C20H24N2O5/c1-2-14-9-19(24)27-17-10-15(3-4-16(14)17)25-11-18(23)22-7-5-20(13-22)12-21-6-8-26-20/h3-4,9-10,21H,2,5-8,11-13H2,1H3. The Labute approximate surface area is 157 Å². The molecule has 144 valence electrons. The van der Waals surface area contributed by atoms with Gasteiger partial charge in [-0.05, 0) is 30.5 Å². The van der Waals surface area contributed by atoms with Crippen LogP contribution in [0.1, 0.15) is 18.9 Å². The SMILES string of the molecule is CCc1cc(=O)oc2cc(OCC(=O)N3CCC4(CNCCO4)C3)ccc12. The van der Waals surface area contributed by atoms with Crippen molar-refractivity contribution in [1.29, 1.82) is 0 Å². The Morgan fingerprint density at radius 1 is 1.37 bits per heavy atom. The fourth-order valence-electron chi connectivity index (χ4n) is 3.86. The van der Waals surface area contributed by atoms with Crippen molar-refractivity contribution in [3.63, 3.8) is 0 Å². The van der Waals surface area contributed by atoms with Gasteiger partial charge in [0.2, 0.25) is 0 Å². The van der Waals surface area contributed by atoms with Crippen molar-refractivity contribution in [2.24, 2.45) is 0 Å². The number of carbonyl (C=O) groups excluding carboxylic acids is 1. The van der Waals surface area contributed by atoms with E-state index in [1.54, 1.807) is 17.0 Å². The second-order valence-corrected chi connectivity index (χ2v) is 7.16. The number of carbonyl (C=O) groups is 1. The smallest absolute Gasteiger partial charge is 0.336 e. The van der Waals surface area contributed by atoms with E-state index in [4.69, 9.17) is 13.9 Å². The molecule has 2 aliphatic heterocycles. The Morgan fingerprint density at radius 3 is 3.04 bits per heavy atom. The van der Waals surface area contributed by atoms with Crippen molar-refractivity contribution in [3.8, 4) is 5.75 Å². The summed E-state index contributed by atoms with van der Waals surface area (Å²) in [7, 11) is 0. The second kappa shape index (κ2) is 7.32. The average Bonchev–Trinajstić information content (AvgIpc) is 3.09. The molecule has 27 heavy (non-hydrogen) atoms. The van der Waals surface area contributed by atoms with Crippen LogP contribution in [0.5, 0.6) is 5.75 Å². The van der Waals surface area contributed by atoms with Gasteiger partial charge in [-0.1, -0.05) is 6.92 Å². The molecule has 1 N–H and O–H groups in total. The molecule has 0 saturated carbocycles. The minimum atomic E-state index is -0.379. The minimum absolute atomic E-state index is 0.0489. The number of hydrogen-bond donors (Lipinski definition) is 1. The van der Waals surface area contributed by atoms with Gasteiger partial charge in [-0.3, -0.25) is 4.79 Å². The van der Waals surface area contributed by atoms with E-state index in [9.17, 15) is 9.59 Å². The molecule has 7 nitrogen and oxygen atoms in total. The number of nitrogens with one attached hydrogen (secondary N) is 1. The highest BCUT2D eigenvalue weighted by Gasteiger charge is 2.42. The zero-order chi connectivity index (χ0) is 18.9. The van der Waals surface area contributed by atoms with E-state index in [-0.39, 0.29) is 23.7 Å². The molecule has 1 amide bonds. The molecule has 1 aromatic heterocycles. The van der Waals surface area contributed by atoms with Gasteiger partial charge in [-0.2, -0.15) is 0 Å². The molecule has 1 unspecified atom stereocenters. The maximum Gasteiger partial charge on any atom is 0.336 e. The van der Waals surface area contributed by atoms with Crippen LogP contribution in [0.25, 0.3) is 11.0 Å². The molecule has 2 fully saturated rings. The monoisotopic (exact) mass is 372 g/mol. The lowest BCUT2D eigenvalue weighted by atomic mass is 10.0. The van der Waals surface area contributed by atoms with Gasteiger partial charge in [-0.25, -0.2) is 4.79 Å². The largest absolute Gasteiger partial charge is 0.484 e. The lowest BCUT2D eigenvalue weighted by Crippen LogP contribution is -2.52. The van der Waals surface area contributed by atoms with E-state index in [0.29, 0.717) is 31.0 Å². The summed E-state index contributed by atoms with van der Waals surface area (Å²) in [5, 5.41) is 4.22. The quantitative estimate of drug-likeness (QED) is 0.816. The van der Waals surface area contributed by atoms with Crippen LogP contribution in [0.3, 0.4) is 0 Å². The van der Waals surface area contributed by atoms with Gasteiger partial charge in [0, 0.05) is 37.2 Å². The number of rotatable bonds is 4. The van der Waals surface area contributed by atoms with Crippen molar-refractivity contribution in [1.82, 2.24) is 10.2 Å². The fraction of sp³-hybridized carbons (Fsp3) is 0.500. The zero-order valence-electron chi connectivity index (χ0n) is 15.5. The molecule has 2 aliphatic rings. The first-order chi connectivity index (χ1) is 13.1. The van der Waals surface area contributed by atoms with Gasteiger partial charge in [0.25, 0.3) is 5.91 Å². The van der Waals surface area contributed by atoms with Crippen molar-refractivity contribution in [2.45, 2.75) is 25.4 Å². The number of amides is 1. The van der Waals surface area contributed by atoms with Crippen molar-refractivity contribution >= 4 is 16.9 Å². The summed E-state index contributed by atoms with van der Waals surface area (Å²) in [6.45, 7) is 5.53. The summed E-state index contributed by atoms with van der Waals surface area (Å²) in [6, 6.07) is 6.85. The number of benzene rings is 1. The lowest BCUT2D eigenvalue weighted by molar-refractivity contribution is -0.134. The number of likely N-dealkylation sites (tertiary alicyclic amines) is 1. The highest BCUT2D eigenvalue weighted by Crippen LogP contribution is 2.27. The van der Waals surface area contributed by atoms with Crippen LogP contribution in [-0.4, -0.2) is 55.8 Å². The molecule has 7 heteroatoms. The number of morpholine rings is 1. The Bertz CT molecular complexity index is 901. The van der Waals surface area contributed by atoms with Crippen LogP contribution in [0.15, 0.2) is 33.5 Å². The van der Waals surface area contributed by atoms with Crippen LogP contribution in [-0.2, 0) is 16.0 Å². The minimum Gasteiger partial charge on any atom is -0.484 e. The number of aryl methyl sites for hydroxylation is 1. The molecule has 1 atom stereocenters. The molecular formula is C20H24N2O5. The highest BCUT2D eigenvalue weighted by atomic mass is 16.5. The number of hydrogen-bond acceptors (Lipinski definition) is 6. The van der Waals surface area contributed by atoms with E-state index in [0.717, 1.165) is 36.9 Å². The first kappa shape index (κ1) is 18.0. The zero-order valence-corrected chi connectivity index (χ0v) is 15.5. The first-order valence-electron chi connectivity index (χ1n) is 9.41. The Balaban J connectivity index is 1.41. The van der Waals surface area contributed by atoms with Crippen LogP contribution < -0.4 is 15.7 Å². The normalized spacial score (nSPS) is 22.5. The van der Waals surface area contributed by atoms with Gasteiger partial charge in [-0.15, -0.1) is 0 Å². The van der Waals surface area contributed by atoms with Crippen molar-refractivity contribution in [3.05, 3.63) is 40.2 Å². The van der Waals surface area contributed by atoms with E-state index < -0.39 is 0 Å². The average molecular weight is 372 g/mol. The van der Waals surface area contributed by atoms with Crippen LogP contribution in [0.4, 0.5) is 0 Å². The molecule has 2 aromatic rings. The Morgan fingerprint density at radius 2 is 2.26 bits per heavy atom. The van der Waals surface area contributed by atoms with Crippen LogP contribution >= 0.6 is 0 Å². The lowest BCUT2D eigenvalue weighted by Gasteiger charge is -2.34. The van der Waals surface area contributed by atoms with Gasteiger partial charge >= 0.3 is 5.63 Å². The molecule has 4 rings (SSSR count). The van der Waals surface area contributed by atoms with Gasteiger partial charge in [0.1, 0.15) is 11.3 Å². The molecular weight excluding hydrogens is 348 g/mol. The Hall–Kier alpha value is -2.38. The van der Waals surface area contributed by atoms with Gasteiger partial charge in [0.05, 0.1) is 18.8 Å². The van der Waals surface area contributed by atoms with E-state index in [1.807, 2.05) is 13.0 Å². The third-order valence-electron chi connectivity index (χ3n) is 5.35. The van der Waals surface area contributed by atoms with E-state index >= 15 is 0 Å². The summed E-state index contributed by atoms with van der Waals surface area (Å²) in [5.74, 6) is 0.446. The summed E-state index contributed by atoms with van der Waals surface area (Å²) < 4.78 is 16.9. The number of ether oxygens (including phenoxy) is 2. The maximum absolute atomic E-state index is 12.5. The van der Waals surface area contributed by atoms with Gasteiger partial charge in [0.15, 0.2) is 6.61 Å². The number of fused-ring (bicyclic) bond motifs is 1. The molecule has 1 aromatic carbocycles. The Kier molecular flexibility index (Phi) is 4.88. The first-order valence-corrected chi connectivity index (χ1v) is 9.41. The van der Waals surface area contributed by atoms with Gasteiger partial charge < -0.3 is 24.1 Å². The predicted octanol–water partition coefficient (Wildman–Crippen LogP) is 1.33. The topological polar surface area (TPSA) is 81.0 Å². The van der Waals surface area contributed by atoms with Crippen molar-refractivity contribution in [2.75, 3.05) is 39.4 Å². The third kappa shape index (κ3) is 3.70. The predicted molar refractivity (Wildman–Crippen MR) is 100 cm³/mol. The van der Waals surface area contributed by atoms with E-state index in [2.05, 4.69) is 5.32 Å². The molecule has 0 aliphatic carbocycles. The maximum atomic E-state index is 12.5. The third-order valence-corrected chi connectivity index (χ3v) is 5.35. The summed E-state index contributed by atoms with van der Waals surface area (Å²) in [5.41, 5.74) is 0.783. The summed E-state index contributed by atoms with van der Waals surface area (Å²) in [4.78, 5) is 26.0. The summed E-state index contributed by atoms with van der Waals surface area (Å²) in [6.07, 6.45) is 1.58. The molecule has 0 bridgehead atoms. The van der Waals surface area contributed by atoms with Crippen LogP contribution in [0.2, 0.25) is 0 Å². The number of nitrogens with zero attached hydrogens (tertiary/aromatic N) is 1. The van der Waals surface area contributed by atoms with Crippen LogP contribution in [0, 0.1) is 0 Å². The molecule has 3 heterocycles. The second-order valence-electron chi connectivity index (χ2n) is 7.16. The molecule has 1 spiro atoms. The highest BCUT2D eigenvalue weighted by molar-refractivity contribution is 5.82.